The number of phenolic OH excluding ortho intramolecular Hbond substituents is 2. The molecule has 4 aromatic carbocycles. The molecule has 2 N–H and O–H groups in total. The van der Waals surface area contributed by atoms with E-state index in [2.05, 4.69) is 62.4 Å². The Labute approximate surface area is 216 Å². The zero-order valence-corrected chi connectivity index (χ0v) is 23.8. The van der Waals surface area contributed by atoms with E-state index < -0.39 is 15.9 Å². The maximum atomic E-state index is 9.23. The molecule has 0 amide bonds. The van der Waals surface area contributed by atoms with Crippen LogP contribution in [0.15, 0.2) is 103 Å². The molecule has 0 spiro atoms. The van der Waals surface area contributed by atoms with Crippen molar-refractivity contribution in [2.45, 2.75) is 33.6 Å². The van der Waals surface area contributed by atoms with Gasteiger partial charge in [-0.1, -0.05) is 82.3 Å². The van der Waals surface area contributed by atoms with Crippen LogP contribution in [-0.4, -0.2) is 26.2 Å². The maximum Gasteiger partial charge on any atom is 0 e. The van der Waals surface area contributed by atoms with Crippen molar-refractivity contribution in [2.75, 3.05) is 0 Å². The molecular weight excluding hydrogens is 579 g/mol. The smallest absolute Gasteiger partial charge is 0 e. The SMILES string of the molecule is CC.CC(C)c1ccc(-c2ccccc2)cc1.Oc1ccc([Te](Cl)(Cl)c2ccc(O)cc2)cc1.[HH]. The van der Waals surface area contributed by atoms with E-state index in [-0.39, 0.29) is 12.9 Å². The predicted octanol–water partition coefficient (Wildman–Crippen LogP) is 7.88. The van der Waals surface area contributed by atoms with Gasteiger partial charge in [0, 0.05) is 1.43 Å². The average Bonchev–Trinajstić information content (AvgIpc) is 2.87. The molecule has 5 heteroatoms. The summed E-state index contributed by atoms with van der Waals surface area (Å²) in [4.78, 5) is 0. The molecule has 0 saturated carbocycles. The first-order valence-electron chi connectivity index (χ1n) is 11.2. The molecule has 0 aromatic heterocycles. The molecule has 4 aromatic rings. The van der Waals surface area contributed by atoms with E-state index in [1.807, 2.05) is 19.9 Å². The van der Waals surface area contributed by atoms with Gasteiger partial charge in [-0.3, -0.25) is 0 Å². The third-order valence-corrected chi connectivity index (χ3v) is 14.7. The van der Waals surface area contributed by atoms with E-state index in [9.17, 15) is 10.2 Å². The second kappa shape index (κ2) is 13.7. The minimum Gasteiger partial charge on any atom is 0 e. The van der Waals surface area contributed by atoms with Crippen LogP contribution in [0, 0.1) is 0 Å². The fourth-order valence-electron chi connectivity index (χ4n) is 3.06. The second-order valence-electron chi connectivity index (χ2n) is 7.60. The van der Waals surface area contributed by atoms with Crippen LogP contribution in [0.1, 0.15) is 40.6 Å². The Bertz CT molecular complexity index is 1070. The normalized spacial score (nSPS) is 11.0. The number of aromatic hydroxyl groups is 2. The first-order chi connectivity index (χ1) is 16.3. The first-order valence-corrected chi connectivity index (χ1v) is 19.5. The zero-order valence-electron chi connectivity index (χ0n) is 20.0. The van der Waals surface area contributed by atoms with E-state index in [1.54, 1.807) is 48.5 Å². The van der Waals surface area contributed by atoms with E-state index in [4.69, 9.17) is 17.9 Å². The second-order valence-corrected chi connectivity index (χ2v) is 20.2. The maximum absolute atomic E-state index is 9.23. The van der Waals surface area contributed by atoms with Crippen molar-refractivity contribution in [1.29, 1.82) is 0 Å². The molecule has 0 heterocycles. The van der Waals surface area contributed by atoms with Crippen LogP contribution in [-0.2, 0) is 0 Å². The molecule has 0 radical (unpaired) electrons. The summed E-state index contributed by atoms with van der Waals surface area (Å²) in [7, 11) is 13.0. The van der Waals surface area contributed by atoms with Crippen LogP contribution in [0.25, 0.3) is 11.1 Å². The van der Waals surface area contributed by atoms with Crippen LogP contribution in [0.5, 0.6) is 11.5 Å². The molecule has 0 bridgehead atoms. The number of hydrogen-bond acceptors (Lipinski definition) is 2. The minimum atomic E-state index is -3.36. The van der Waals surface area contributed by atoms with Gasteiger partial charge in [0.25, 0.3) is 0 Å². The van der Waals surface area contributed by atoms with Crippen LogP contribution in [0.3, 0.4) is 0 Å². The fraction of sp³-hybridized carbons (Fsp3) is 0.172. The van der Waals surface area contributed by atoms with Crippen molar-refractivity contribution < 1.29 is 11.6 Å². The van der Waals surface area contributed by atoms with Gasteiger partial charge in [-0.05, 0) is 22.6 Å². The van der Waals surface area contributed by atoms with Gasteiger partial charge in [0.2, 0.25) is 0 Å². The summed E-state index contributed by atoms with van der Waals surface area (Å²) in [6.07, 6.45) is 0. The van der Waals surface area contributed by atoms with E-state index >= 15 is 0 Å². The van der Waals surface area contributed by atoms with Gasteiger partial charge in [0.15, 0.2) is 0 Å². The van der Waals surface area contributed by atoms with Crippen LogP contribution in [0.2, 0.25) is 0 Å². The molecule has 0 atom stereocenters. The molecule has 2 nitrogen and oxygen atoms in total. The van der Waals surface area contributed by atoms with Gasteiger partial charge in [0.1, 0.15) is 0 Å². The minimum absolute atomic E-state index is 0. The Kier molecular flexibility index (Phi) is 11.3. The number of phenols is 2. The van der Waals surface area contributed by atoms with Gasteiger partial charge >= 0.3 is 111 Å². The van der Waals surface area contributed by atoms with Crippen LogP contribution < -0.4 is 7.22 Å². The molecule has 0 aliphatic carbocycles. The summed E-state index contributed by atoms with van der Waals surface area (Å²) in [5.74, 6) is 0.979. The molecule has 0 saturated heterocycles. The summed E-state index contributed by atoms with van der Waals surface area (Å²) in [6.45, 7) is 8.44. The number of rotatable bonds is 4. The Hall–Kier alpha value is -2.15. The van der Waals surface area contributed by atoms with Crippen molar-refractivity contribution in [1.82, 2.24) is 0 Å². The van der Waals surface area contributed by atoms with Gasteiger partial charge < -0.3 is 0 Å². The van der Waals surface area contributed by atoms with Crippen molar-refractivity contribution in [3.05, 3.63) is 109 Å². The van der Waals surface area contributed by atoms with Crippen molar-refractivity contribution >= 4 is 41.1 Å². The Morgan fingerprint density at radius 3 is 1.35 bits per heavy atom. The molecule has 182 valence electrons. The first kappa shape index (κ1) is 28.1. The third kappa shape index (κ3) is 7.96. The molecule has 0 aliphatic rings. The van der Waals surface area contributed by atoms with Crippen LogP contribution in [0.4, 0.5) is 0 Å². The van der Waals surface area contributed by atoms with Gasteiger partial charge in [-0.25, -0.2) is 0 Å². The molecule has 34 heavy (non-hydrogen) atoms. The van der Waals surface area contributed by atoms with Gasteiger partial charge in [-0.2, -0.15) is 0 Å². The van der Waals surface area contributed by atoms with Gasteiger partial charge in [-0.15, -0.1) is 0 Å². The fourth-order valence-corrected chi connectivity index (χ4v) is 9.33. The number of hydrogen-bond donors (Lipinski definition) is 2. The molecule has 0 fully saturated rings. The molecule has 0 aliphatic heterocycles. The van der Waals surface area contributed by atoms with Crippen molar-refractivity contribution in [3.8, 4) is 22.6 Å². The van der Waals surface area contributed by atoms with Crippen molar-refractivity contribution in [2.24, 2.45) is 0 Å². The number of halogens is 2. The molecular formula is C29H34Cl2O2Te. The quantitative estimate of drug-likeness (QED) is 0.230. The summed E-state index contributed by atoms with van der Waals surface area (Å²) in [5.41, 5.74) is 3.97. The topological polar surface area (TPSA) is 40.5 Å². The Morgan fingerprint density at radius 2 is 0.971 bits per heavy atom. The summed E-state index contributed by atoms with van der Waals surface area (Å²) < 4.78 is 1.69. The van der Waals surface area contributed by atoms with Crippen LogP contribution >= 0.6 is 17.9 Å². The number of benzene rings is 4. The Balaban J connectivity index is 0.000000320. The average molecular weight is 613 g/mol. The van der Waals surface area contributed by atoms with E-state index in [0.717, 1.165) is 7.22 Å². The monoisotopic (exact) mass is 614 g/mol. The molecule has 0 unspecified atom stereocenters. The van der Waals surface area contributed by atoms with Crippen molar-refractivity contribution in [3.63, 3.8) is 0 Å². The summed E-state index contributed by atoms with van der Waals surface area (Å²) >= 11 is -3.36. The van der Waals surface area contributed by atoms with E-state index in [1.165, 1.54) is 16.7 Å². The predicted molar refractivity (Wildman–Crippen MR) is 152 cm³/mol. The zero-order chi connectivity index (χ0) is 25.1. The largest absolute Gasteiger partial charge is 0 e. The summed E-state index contributed by atoms with van der Waals surface area (Å²) in [6, 6.07) is 32.6. The van der Waals surface area contributed by atoms with Gasteiger partial charge in [0.05, 0.1) is 0 Å². The standard InChI is InChI=1S/C15H16.C12H10Cl2O2Te.C2H6.H2/c1-12(2)13-8-10-15(11-9-13)14-6-4-3-5-7-14;13-17(14,11-5-1-9(15)2-6-11)12-7-3-10(16)4-8-12;1-2;/h3-12H,1-2H3;1-8,15-16H;1-2H3;1H. The third-order valence-electron chi connectivity index (χ3n) is 4.95. The summed E-state index contributed by atoms with van der Waals surface area (Å²) in [5, 5.41) is 18.5. The molecule has 4 rings (SSSR count). The van der Waals surface area contributed by atoms with E-state index in [0.29, 0.717) is 5.92 Å². The Morgan fingerprint density at radius 1 is 0.588 bits per heavy atom.